The molecule has 2 N–H and O–H groups in total. The lowest BCUT2D eigenvalue weighted by Gasteiger charge is -2.23. The molecule has 0 unspecified atom stereocenters. The Hall–Kier alpha value is -2.27. The molecular weight excluding hydrogens is 340 g/mol. The molecule has 0 atom stereocenters. The molecule has 0 saturated heterocycles. The van der Waals surface area contributed by atoms with Crippen LogP contribution in [0, 0.1) is 0 Å². The first-order valence-electron chi connectivity index (χ1n) is 8.52. The highest BCUT2D eigenvalue weighted by Gasteiger charge is 2.20. The number of carbonyl (C=O) groups is 1. The summed E-state index contributed by atoms with van der Waals surface area (Å²) in [5.74, 6) is -0.647. The number of nitrogens with zero attached hydrogens (tertiary/aromatic N) is 1. The van der Waals surface area contributed by atoms with Gasteiger partial charge in [0.05, 0.1) is 12.1 Å². The van der Waals surface area contributed by atoms with Crippen molar-refractivity contribution in [2.75, 3.05) is 0 Å². The van der Waals surface area contributed by atoms with E-state index in [0.29, 0.717) is 5.02 Å². The monoisotopic (exact) mass is 360 g/mol. The van der Waals surface area contributed by atoms with Gasteiger partial charge in [0.15, 0.2) is 0 Å². The van der Waals surface area contributed by atoms with Gasteiger partial charge in [0.2, 0.25) is 0 Å². The van der Waals surface area contributed by atoms with Crippen LogP contribution >= 0.6 is 11.6 Å². The summed E-state index contributed by atoms with van der Waals surface area (Å²) in [6.07, 6.45) is 6.70. The minimum absolute atomic E-state index is 0.109. The first-order valence-corrected chi connectivity index (χ1v) is 8.90. The summed E-state index contributed by atoms with van der Waals surface area (Å²) in [5, 5.41) is 13.5. The Morgan fingerprint density at radius 3 is 2.68 bits per heavy atom. The quantitative estimate of drug-likeness (QED) is 0.878. The number of rotatable bonds is 4. The highest BCUT2D eigenvalue weighted by Crippen LogP contribution is 2.20. The van der Waals surface area contributed by atoms with E-state index >= 15 is 0 Å². The number of amides is 1. The number of nitrogens with one attached hydrogen (secondary N) is 1. The molecule has 0 bridgehead atoms. The number of aromatic hydroxyl groups is 1. The van der Waals surface area contributed by atoms with Gasteiger partial charge in [-0.1, -0.05) is 49.1 Å². The maximum absolute atomic E-state index is 12.5. The van der Waals surface area contributed by atoms with E-state index in [9.17, 15) is 14.7 Å². The lowest BCUT2D eigenvalue weighted by molar-refractivity contribution is 0.0924. The summed E-state index contributed by atoms with van der Waals surface area (Å²) in [6, 6.07) is 8.43. The van der Waals surface area contributed by atoms with E-state index < -0.39 is 0 Å². The van der Waals surface area contributed by atoms with Gasteiger partial charge in [-0.2, -0.15) is 0 Å². The second-order valence-corrected chi connectivity index (χ2v) is 6.85. The van der Waals surface area contributed by atoms with Gasteiger partial charge in [-0.3, -0.25) is 9.59 Å². The van der Waals surface area contributed by atoms with Crippen molar-refractivity contribution in [3.63, 3.8) is 0 Å². The van der Waals surface area contributed by atoms with Crippen LogP contribution < -0.4 is 10.9 Å². The molecule has 132 valence electrons. The zero-order valence-electron chi connectivity index (χ0n) is 13.9. The molecule has 1 aromatic carbocycles. The van der Waals surface area contributed by atoms with Gasteiger partial charge in [-0.25, -0.2) is 0 Å². The summed E-state index contributed by atoms with van der Waals surface area (Å²) in [5.41, 5.74) is 0.499. The molecule has 1 aromatic heterocycles. The summed E-state index contributed by atoms with van der Waals surface area (Å²) in [7, 11) is 0. The fourth-order valence-electron chi connectivity index (χ4n) is 3.18. The Labute approximate surface area is 151 Å². The summed E-state index contributed by atoms with van der Waals surface area (Å²) in [6.45, 7) is 0.239. The Morgan fingerprint density at radius 1 is 1.24 bits per heavy atom. The first kappa shape index (κ1) is 17.5. The summed E-state index contributed by atoms with van der Waals surface area (Å²) in [4.78, 5) is 24.7. The van der Waals surface area contributed by atoms with Crippen LogP contribution in [-0.4, -0.2) is 21.6 Å². The van der Waals surface area contributed by atoms with Crippen molar-refractivity contribution in [2.45, 2.75) is 44.7 Å². The van der Waals surface area contributed by atoms with Gasteiger partial charge in [0.25, 0.3) is 11.5 Å². The Kier molecular flexibility index (Phi) is 5.43. The fourth-order valence-corrected chi connectivity index (χ4v) is 3.38. The van der Waals surface area contributed by atoms with E-state index in [-0.39, 0.29) is 35.4 Å². The zero-order valence-corrected chi connectivity index (χ0v) is 14.6. The number of hydrogen-bond donors (Lipinski definition) is 2. The van der Waals surface area contributed by atoms with Gasteiger partial charge in [0.1, 0.15) is 5.75 Å². The summed E-state index contributed by atoms with van der Waals surface area (Å²) >= 11 is 6.14. The zero-order chi connectivity index (χ0) is 17.8. The lowest BCUT2D eigenvalue weighted by atomic mass is 9.95. The van der Waals surface area contributed by atoms with Crippen LogP contribution in [0.3, 0.4) is 0 Å². The molecule has 0 radical (unpaired) electrons. The Bertz CT molecular complexity index is 826. The molecule has 0 aliphatic heterocycles. The molecular formula is C19H21ClN2O3. The van der Waals surface area contributed by atoms with Crippen molar-refractivity contribution >= 4 is 17.5 Å². The van der Waals surface area contributed by atoms with E-state index in [4.69, 9.17) is 11.6 Å². The lowest BCUT2D eigenvalue weighted by Crippen LogP contribution is -2.36. The van der Waals surface area contributed by atoms with Gasteiger partial charge in [-0.05, 0) is 24.5 Å². The van der Waals surface area contributed by atoms with Crippen LogP contribution in [0.25, 0.3) is 0 Å². The van der Waals surface area contributed by atoms with Gasteiger partial charge < -0.3 is 15.0 Å². The minimum Gasteiger partial charge on any atom is -0.507 e. The standard InChI is InChI=1S/C19H21ClN2O3/c20-16-9-5-4-6-13(16)11-22-12-15(17(23)10-18(22)24)19(25)21-14-7-2-1-3-8-14/h4-6,9-10,12,14,23H,1-3,7-8,11H2,(H,21,25). The fraction of sp³-hybridized carbons (Fsp3) is 0.368. The van der Waals surface area contributed by atoms with Crippen LogP contribution in [0.15, 0.2) is 41.3 Å². The summed E-state index contributed by atoms with van der Waals surface area (Å²) < 4.78 is 1.39. The molecule has 1 aliphatic rings. The average molecular weight is 361 g/mol. The van der Waals surface area contributed by atoms with E-state index in [0.717, 1.165) is 37.3 Å². The van der Waals surface area contributed by atoms with E-state index in [1.54, 1.807) is 6.07 Å². The molecule has 1 aliphatic carbocycles. The van der Waals surface area contributed by atoms with Gasteiger partial charge >= 0.3 is 0 Å². The van der Waals surface area contributed by atoms with E-state index in [1.165, 1.54) is 17.2 Å². The molecule has 2 aromatic rings. The Balaban J connectivity index is 1.83. The van der Waals surface area contributed by atoms with Crippen molar-refractivity contribution in [1.82, 2.24) is 9.88 Å². The third kappa shape index (κ3) is 4.23. The van der Waals surface area contributed by atoms with Crippen LogP contribution in [0.2, 0.25) is 5.02 Å². The van der Waals surface area contributed by atoms with Crippen molar-refractivity contribution in [2.24, 2.45) is 0 Å². The molecule has 1 amide bonds. The van der Waals surface area contributed by atoms with Crippen LogP contribution in [-0.2, 0) is 6.54 Å². The van der Waals surface area contributed by atoms with E-state index in [2.05, 4.69) is 5.32 Å². The Morgan fingerprint density at radius 2 is 1.96 bits per heavy atom. The van der Waals surface area contributed by atoms with Crippen molar-refractivity contribution in [3.8, 4) is 5.75 Å². The third-order valence-electron chi connectivity index (χ3n) is 4.59. The van der Waals surface area contributed by atoms with Crippen molar-refractivity contribution in [1.29, 1.82) is 0 Å². The van der Waals surface area contributed by atoms with Crippen molar-refractivity contribution < 1.29 is 9.90 Å². The molecule has 0 spiro atoms. The predicted molar refractivity (Wildman–Crippen MR) is 97.3 cm³/mol. The second-order valence-electron chi connectivity index (χ2n) is 6.44. The normalized spacial score (nSPS) is 15.1. The number of halogens is 1. The smallest absolute Gasteiger partial charge is 0.256 e. The predicted octanol–water partition coefficient (Wildman–Crippen LogP) is 3.32. The number of aromatic nitrogens is 1. The maximum atomic E-state index is 12.5. The topological polar surface area (TPSA) is 71.3 Å². The average Bonchev–Trinajstić information content (AvgIpc) is 2.60. The van der Waals surface area contributed by atoms with Crippen LogP contribution in [0.4, 0.5) is 0 Å². The largest absolute Gasteiger partial charge is 0.507 e. The van der Waals surface area contributed by atoms with Crippen LogP contribution in [0.5, 0.6) is 5.75 Å². The first-order chi connectivity index (χ1) is 12.0. The molecule has 1 fully saturated rings. The third-order valence-corrected chi connectivity index (χ3v) is 4.96. The molecule has 1 heterocycles. The van der Waals surface area contributed by atoms with Gasteiger partial charge in [0, 0.05) is 23.3 Å². The second kappa shape index (κ2) is 7.74. The number of hydrogen-bond acceptors (Lipinski definition) is 3. The minimum atomic E-state index is -0.383. The maximum Gasteiger partial charge on any atom is 0.256 e. The van der Waals surface area contributed by atoms with Crippen molar-refractivity contribution in [3.05, 3.63) is 63.0 Å². The highest BCUT2D eigenvalue weighted by molar-refractivity contribution is 6.31. The molecule has 3 rings (SSSR count). The number of carbonyl (C=O) groups excluding carboxylic acids is 1. The SMILES string of the molecule is O=C(NC1CCCCC1)c1cn(Cc2ccccc2Cl)c(=O)cc1O. The van der Waals surface area contributed by atoms with Gasteiger partial charge in [-0.15, -0.1) is 0 Å². The molecule has 25 heavy (non-hydrogen) atoms. The van der Waals surface area contributed by atoms with E-state index in [1.807, 2.05) is 18.2 Å². The number of pyridine rings is 1. The highest BCUT2D eigenvalue weighted by atomic mass is 35.5. The number of benzene rings is 1. The molecule has 5 nitrogen and oxygen atoms in total. The van der Waals surface area contributed by atoms with Crippen LogP contribution in [0.1, 0.15) is 48.0 Å². The molecule has 1 saturated carbocycles. The molecule has 6 heteroatoms.